The van der Waals surface area contributed by atoms with E-state index in [1.165, 1.54) is 28.9 Å². The van der Waals surface area contributed by atoms with Gasteiger partial charge in [-0.05, 0) is 61.6 Å². The van der Waals surface area contributed by atoms with Gasteiger partial charge in [0.15, 0.2) is 0 Å². The molecule has 2 aromatic rings. The van der Waals surface area contributed by atoms with Crippen molar-refractivity contribution in [2.75, 3.05) is 24.5 Å². The molecule has 1 fully saturated rings. The molecule has 0 aliphatic carbocycles. The lowest BCUT2D eigenvalue weighted by molar-refractivity contribution is 0.541. The Morgan fingerprint density at radius 1 is 1.19 bits per heavy atom. The SMILES string of the molecule is Cc1ccc(N2CCC(CNS(=O)(=O)c3ccccc3C#N)C2)cc1C. The number of anilines is 1. The van der Waals surface area contributed by atoms with Crippen LogP contribution in [0, 0.1) is 31.1 Å². The molecule has 0 spiro atoms. The van der Waals surface area contributed by atoms with E-state index < -0.39 is 10.0 Å². The van der Waals surface area contributed by atoms with Gasteiger partial charge in [-0.2, -0.15) is 5.26 Å². The van der Waals surface area contributed by atoms with Crippen LogP contribution in [-0.4, -0.2) is 28.1 Å². The Morgan fingerprint density at radius 3 is 2.69 bits per heavy atom. The van der Waals surface area contributed by atoms with Gasteiger partial charge in [0, 0.05) is 25.3 Å². The number of sulfonamides is 1. The standard InChI is InChI=1S/C20H23N3O2S/c1-15-7-8-19(11-16(15)2)23-10-9-17(14-23)13-22-26(24,25)20-6-4-3-5-18(20)12-21/h3-8,11,17,22H,9-10,13-14H2,1-2H3. The van der Waals surface area contributed by atoms with Gasteiger partial charge in [0.05, 0.1) is 10.5 Å². The van der Waals surface area contributed by atoms with Crippen LogP contribution in [-0.2, 0) is 10.0 Å². The van der Waals surface area contributed by atoms with Crippen molar-refractivity contribution >= 4 is 15.7 Å². The minimum absolute atomic E-state index is 0.0477. The molecule has 1 heterocycles. The fraction of sp³-hybridized carbons (Fsp3) is 0.350. The first-order valence-electron chi connectivity index (χ1n) is 8.71. The molecule has 1 atom stereocenters. The van der Waals surface area contributed by atoms with Gasteiger partial charge < -0.3 is 4.90 Å². The van der Waals surface area contributed by atoms with Gasteiger partial charge in [-0.25, -0.2) is 13.1 Å². The van der Waals surface area contributed by atoms with E-state index in [1.54, 1.807) is 12.1 Å². The smallest absolute Gasteiger partial charge is 0.241 e. The van der Waals surface area contributed by atoms with E-state index in [9.17, 15) is 8.42 Å². The van der Waals surface area contributed by atoms with Crippen molar-refractivity contribution in [3.05, 3.63) is 59.2 Å². The molecule has 2 aromatic carbocycles. The molecule has 1 aliphatic heterocycles. The van der Waals surface area contributed by atoms with Crippen LogP contribution in [0.1, 0.15) is 23.1 Å². The Hall–Kier alpha value is -2.36. The highest BCUT2D eigenvalue weighted by Crippen LogP contribution is 2.26. The third-order valence-electron chi connectivity index (χ3n) is 5.00. The van der Waals surface area contributed by atoms with E-state index >= 15 is 0 Å². The van der Waals surface area contributed by atoms with Crippen molar-refractivity contribution < 1.29 is 8.42 Å². The lowest BCUT2D eigenvalue weighted by Crippen LogP contribution is -2.31. The summed E-state index contributed by atoms with van der Waals surface area (Å²) >= 11 is 0. The number of benzene rings is 2. The summed E-state index contributed by atoms with van der Waals surface area (Å²) in [6, 6.07) is 14.7. The van der Waals surface area contributed by atoms with Crippen LogP contribution in [0.5, 0.6) is 0 Å². The summed E-state index contributed by atoms with van der Waals surface area (Å²) in [5, 5.41) is 9.12. The summed E-state index contributed by atoms with van der Waals surface area (Å²) in [5.41, 5.74) is 3.89. The van der Waals surface area contributed by atoms with Gasteiger partial charge in [-0.3, -0.25) is 0 Å². The monoisotopic (exact) mass is 369 g/mol. The zero-order chi connectivity index (χ0) is 18.7. The Balaban J connectivity index is 1.64. The molecule has 0 aromatic heterocycles. The molecule has 6 heteroatoms. The number of aryl methyl sites for hydroxylation is 2. The van der Waals surface area contributed by atoms with Crippen LogP contribution in [0.2, 0.25) is 0 Å². The van der Waals surface area contributed by atoms with Crippen molar-refractivity contribution in [2.45, 2.75) is 25.2 Å². The van der Waals surface area contributed by atoms with E-state index in [1.807, 2.05) is 6.07 Å². The molecular formula is C20H23N3O2S. The van der Waals surface area contributed by atoms with Crippen LogP contribution in [0.25, 0.3) is 0 Å². The van der Waals surface area contributed by atoms with Crippen molar-refractivity contribution in [1.29, 1.82) is 5.26 Å². The maximum absolute atomic E-state index is 12.5. The van der Waals surface area contributed by atoms with Gasteiger partial charge in [0.1, 0.15) is 6.07 Å². The summed E-state index contributed by atoms with van der Waals surface area (Å²) in [7, 11) is -3.68. The lowest BCUT2D eigenvalue weighted by atomic mass is 10.1. The van der Waals surface area contributed by atoms with Gasteiger partial charge in [-0.1, -0.05) is 18.2 Å². The molecule has 1 saturated heterocycles. The Bertz CT molecular complexity index is 948. The van der Waals surface area contributed by atoms with Crippen LogP contribution >= 0.6 is 0 Å². The van der Waals surface area contributed by atoms with E-state index in [-0.39, 0.29) is 16.4 Å². The summed E-state index contributed by atoms with van der Waals surface area (Å²) in [6.45, 7) is 6.32. The fourth-order valence-electron chi connectivity index (χ4n) is 3.25. The topological polar surface area (TPSA) is 73.2 Å². The molecule has 0 bridgehead atoms. The molecule has 136 valence electrons. The normalized spacial score (nSPS) is 17.3. The van der Waals surface area contributed by atoms with Gasteiger partial charge in [-0.15, -0.1) is 0 Å². The molecular weight excluding hydrogens is 346 g/mol. The molecule has 1 N–H and O–H groups in total. The maximum Gasteiger partial charge on any atom is 0.241 e. The van der Waals surface area contributed by atoms with Crippen LogP contribution < -0.4 is 9.62 Å². The van der Waals surface area contributed by atoms with Gasteiger partial charge >= 0.3 is 0 Å². The average molecular weight is 369 g/mol. The fourth-order valence-corrected chi connectivity index (χ4v) is 4.53. The number of hydrogen-bond acceptors (Lipinski definition) is 4. The van der Waals surface area contributed by atoms with Crippen molar-refractivity contribution in [3.63, 3.8) is 0 Å². The highest BCUT2D eigenvalue weighted by Gasteiger charge is 2.25. The molecule has 26 heavy (non-hydrogen) atoms. The minimum atomic E-state index is -3.68. The minimum Gasteiger partial charge on any atom is -0.371 e. The number of nitriles is 1. The molecule has 1 aliphatic rings. The Morgan fingerprint density at radius 2 is 1.96 bits per heavy atom. The van der Waals surface area contributed by atoms with Gasteiger partial charge in [0.25, 0.3) is 0 Å². The summed E-state index contributed by atoms with van der Waals surface area (Å²) in [6.07, 6.45) is 0.940. The first kappa shape index (κ1) is 18.4. The third-order valence-corrected chi connectivity index (χ3v) is 6.48. The van der Waals surface area contributed by atoms with Crippen LogP contribution in [0.15, 0.2) is 47.4 Å². The number of nitrogens with one attached hydrogen (secondary N) is 1. The number of rotatable bonds is 5. The van der Waals surface area contributed by atoms with Crippen LogP contribution in [0.3, 0.4) is 0 Å². The molecule has 0 radical (unpaired) electrons. The number of nitrogens with zero attached hydrogens (tertiary/aromatic N) is 2. The lowest BCUT2D eigenvalue weighted by Gasteiger charge is -2.20. The first-order valence-corrected chi connectivity index (χ1v) is 10.2. The van der Waals surface area contributed by atoms with Gasteiger partial charge in [0.2, 0.25) is 10.0 Å². The molecule has 0 amide bonds. The Labute approximate surface area is 155 Å². The Kier molecular flexibility index (Phi) is 5.30. The number of hydrogen-bond donors (Lipinski definition) is 1. The summed E-state index contributed by atoms with van der Waals surface area (Å²) < 4.78 is 27.7. The van der Waals surface area contributed by atoms with Crippen molar-refractivity contribution in [1.82, 2.24) is 4.72 Å². The molecule has 3 rings (SSSR count). The van der Waals surface area contributed by atoms with E-state index in [2.05, 4.69) is 41.7 Å². The predicted molar refractivity (Wildman–Crippen MR) is 103 cm³/mol. The molecule has 0 saturated carbocycles. The molecule has 1 unspecified atom stereocenters. The third kappa shape index (κ3) is 3.90. The quantitative estimate of drug-likeness (QED) is 0.879. The average Bonchev–Trinajstić information content (AvgIpc) is 3.11. The summed E-state index contributed by atoms with van der Waals surface area (Å²) in [5.74, 6) is 0.251. The summed E-state index contributed by atoms with van der Waals surface area (Å²) in [4.78, 5) is 2.35. The van der Waals surface area contributed by atoms with E-state index in [0.717, 1.165) is 19.5 Å². The zero-order valence-electron chi connectivity index (χ0n) is 15.1. The second-order valence-electron chi connectivity index (χ2n) is 6.83. The maximum atomic E-state index is 12.5. The van der Waals surface area contributed by atoms with E-state index in [0.29, 0.717) is 6.54 Å². The van der Waals surface area contributed by atoms with Crippen molar-refractivity contribution in [2.24, 2.45) is 5.92 Å². The highest BCUT2D eigenvalue weighted by atomic mass is 32.2. The molecule has 5 nitrogen and oxygen atoms in total. The first-order chi connectivity index (χ1) is 12.4. The van der Waals surface area contributed by atoms with Crippen LogP contribution in [0.4, 0.5) is 5.69 Å². The zero-order valence-corrected chi connectivity index (χ0v) is 15.9. The van der Waals surface area contributed by atoms with Crippen molar-refractivity contribution in [3.8, 4) is 6.07 Å². The predicted octanol–water partition coefficient (Wildman–Crippen LogP) is 2.98. The second kappa shape index (κ2) is 7.48. The highest BCUT2D eigenvalue weighted by molar-refractivity contribution is 7.89. The van der Waals surface area contributed by atoms with E-state index in [4.69, 9.17) is 5.26 Å². The second-order valence-corrected chi connectivity index (χ2v) is 8.56. The largest absolute Gasteiger partial charge is 0.371 e.